The van der Waals surface area contributed by atoms with Crippen LogP contribution in [0.2, 0.25) is 5.02 Å². The lowest BCUT2D eigenvalue weighted by Crippen LogP contribution is -2.47. The van der Waals surface area contributed by atoms with Gasteiger partial charge >= 0.3 is 0 Å². The molecule has 2 fully saturated rings. The highest BCUT2D eigenvalue weighted by molar-refractivity contribution is 7.89. The highest BCUT2D eigenvalue weighted by Gasteiger charge is 2.36. The molecule has 0 aromatic heterocycles. The fraction of sp³-hybridized carbons (Fsp3) is 0.611. The van der Waals surface area contributed by atoms with Crippen molar-refractivity contribution in [1.82, 2.24) is 14.1 Å². The highest BCUT2D eigenvalue weighted by Crippen LogP contribution is 2.25. The third-order valence-electron chi connectivity index (χ3n) is 5.17. The van der Waals surface area contributed by atoms with Gasteiger partial charge in [0.1, 0.15) is 0 Å². The number of amides is 1. The minimum atomic E-state index is -3.60. The first-order chi connectivity index (χ1) is 12.9. The van der Waals surface area contributed by atoms with Gasteiger partial charge in [0.2, 0.25) is 15.9 Å². The summed E-state index contributed by atoms with van der Waals surface area (Å²) < 4.78 is 32.5. The predicted octanol–water partition coefficient (Wildman–Crippen LogP) is 1.28. The van der Waals surface area contributed by atoms with Crippen LogP contribution in [0.15, 0.2) is 29.2 Å². The van der Waals surface area contributed by atoms with Crippen LogP contribution in [0.5, 0.6) is 0 Å². The Morgan fingerprint density at radius 2 is 2.04 bits per heavy atom. The molecule has 1 amide bonds. The minimum absolute atomic E-state index is 0.0183. The lowest BCUT2D eigenvalue weighted by molar-refractivity contribution is -0.131. The third-order valence-corrected chi connectivity index (χ3v) is 7.26. The fourth-order valence-corrected chi connectivity index (χ4v) is 5.42. The lowest BCUT2D eigenvalue weighted by atomic mass is 10.2. The van der Waals surface area contributed by atoms with Gasteiger partial charge in [-0.2, -0.15) is 4.31 Å². The molecule has 2 saturated heterocycles. The molecule has 1 unspecified atom stereocenters. The highest BCUT2D eigenvalue weighted by atomic mass is 35.5. The molecule has 1 aromatic rings. The van der Waals surface area contributed by atoms with E-state index in [1.54, 1.807) is 25.1 Å². The summed E-state index contributed by atoms with van der Waals surface area (Å²) in [5.41, 5.74) is 0. The second-order valence-electron chi connectivity index (χ2n) is 6.93. The van der Waals surface area contributed by atoms with Gasteiger partial charge in [0, 0.05) is 57.3 Å². The van der Waals surface area contributed by atoms with Gasteiger partial charge in [0.25, 0.3) is 0 Å². The molecule has 1 aromatic carbocycles. The smallest absolute Gasteiger partial charge is 0.243 e. The minimum Gasteiger partial charge on any atom is -0.379 e. The number of carbonyl (C=O) groups is 1. The topological polar surface area (TPSA) is 70.2 Å². The number of nitrogens with zero attached hydrogens (tertiary/aromatic N) is 3. The van der Waals surface area contributed by atoms with Gasteiger partial charge in [-0.3, -0.25) is 9.69 Å². The predicted molar refractivity (Wildman–Crippen MR) is 103 cm³/mol. The van der Waals surface area contributed by atoms with Crippen molar-refractivity contribution in [2.75, 3.05) is 52.5 Å². The summed E-state index contributed by atoms with van der Waals surface area (Å²) in [6, 6.07) is 6.20. The van der Waals surface area contributed by atoms with Crippen LogP contribution in [0.25, 0.3) is 0 Å². The number of rotatable bonds is 6. The van der Waals surface area contributed by atoms with E-state index in [1.165, 1.54) is 10.4 Å². The first kappa shape index (κ1) is 20.5. The van der Waals surface area contributed by atoms with E-state index in [4.69, 9.17) is 16.3 Å². The first-order valence-electron chi connectivity index (χ1n) is 9.21. The molecule has 27 heavy (non-hydrogen) atoms. The van der Waals surface area contributed by atoms with Crippen molar-refractivity contribution in [3.63, 3.8) is 0 Å². The van der Waals surface area contributed by atoms with E-state index in [9.17, 15) is 13.2 Å². The number of morpholine rings is 1. The van der Waals surface area contributed by atoms with Crippen molar-refractivity contribution < 1.29 is 17.9 Å². The van der Waals surface area contributed by atoms with Gasteiger partial charge in [-0.15, -0.1) is 0 Å². The molecule has 2 aliphatic heterocycles. The monoisotopic (exact) mass is 415 g/mol. The average Bonchev–Trinajstić information content (AvgIpc) is 3.13. The number of carbonyl (C=O) groups excluding carboxylic acids is 1. The van der Waals surface area contributed by atoms with Gasteiger partial charge in [0.05, 0.1) is 18.1 Å². The van der Waals surface area contributed by atoms with Gasteiger partial charge in [-0.25, -0.2) is 8.42 Å². The summed E-state index contributed by atoms with van der Waals surface area (Å²) in [6.07, 6.45) is 0.641. The van der Waals surface area contributed by atoms with E-state index in [2.05, 4.69) is 4.90 Å². The third kappa shape index (κ3) is 5.00. The molecular formula is C18H26ClN3O4S. The number of hydrogen-bond acceptors (Lipinski definition) is 5. The van der Waals surface area contributed by atoms with Crippen molar-refractivity contribution in [1.29, 1.82) is 0 Å². The molecule has 7 nitrogen and oxygen atoms in total. The molecule has 2 heterocycles. The van der Waals surface area contributed by atoms with E-state index in [0.29, 0.717) is 31.1 Å². The van der Waals surface area contributed by atoms with Crippen molar-refractivity contribution in [3.05, 3.63) is 29.3 Å². The Labute approximate surface area is 165 Å². The number of ether oxygens (including phenoxy) is 1. The number of benzene rings is 1. The molecule has 0 spiro atoms. The molecule has 9 heteroatoms. The van der Waals surface area contributed by atoms with Gasteiger partial charge in [-0.05, 0) is 24.6 Å². The van der Waals surface area contributed by atoms with Crippen LogP contribution in [-0.4, -0.2) is 87.0 Å². The van der Waals surface area contributed by atoms with E-state index in [0.717, 1.165) is 32.8 Å². The maximum absolute atomic E-state index is 12.9. The van der Waals surface area contributed by atoms with Gasteiger partial charge < -0.3 is 9.64 Å². The molecule has 0 bridgehead atoms. The summed E-state index contributed by atoms with van der Waals surface area (Å²) in [5, 5.41) is 0.391. The lowest BCUT2D eigenvalue weighted by Gasteiger charge is -2.32. The summed E-state index contributed by atoms with van der Waals surface area (Å²) in [5.74, 6) is -0.0183. The molecule has 2 aliphatic rings. The Morgan fingerprint density at radius 3 is 2.70 bits per heavy atom. The standard InChI is InChI=1S/C18H26ClN3O4S/c1-15(23)22(8-7-20-9-11-26-12-10-20)17-5-6-21(14-17)27(24,25)18-4-2-3-16(19)13-18/h2-4,13,17H,5-12,14H2,1H3. The number of hydrogen-bond donors (Lipinski definition) is 0. The Morgan fingerprint density at radius 1 is 1.30 bits per heavy atom. The van der Waals surface area contributed by atoms with Crippen molar-refractivity contribution in [2.45, 2.75) is 24.3 Å². The average molecular weight is 416 g/mol. The normalized spacial score (nSPS) is 22.1. The summed E-state index contributed by atoms with van der Waals surface area (Å²) in [6.45, 7) is 6.82. The van der Waals surface area contributed by atoms with Gasteiger partial charge in [0.15, 0.2) is 0 Å². The van der Waals surface area contributed by atoms with Crippen molar-refractivity contribution >= 4 is 27.5 Å². The zero-order valence-electron chi connectivity index (χ0n) is 15.5. The van der Waals surface area contributed by atoms with Crippen LogP contribution in [0, 0.1) is 0 Å². The van der Waals surface area contributed by atoms with Crippen LogP contribution in [0.1, 0.15) is 13.3 Å². The van der Waals surface area contributed by atoms with E-state index in [1.807, 2.05) is 4.90 Å². The molecule has 0 radical (unpaired) electrons. The molecule has 0 aliphatic carbocycles. The molecule has 3 rings (SSSR count). The van der Waals surface area contributed by atoms with Crippen LogP contribution in [0.4, 0.5) is 0 Å². The summed E-state index contributed by atoms with van der Waals surface area (Å²) in [7, 11) is -3.60. The quantitative estimate of drug-likeness (QED) is 0.700. The van der Waals surface area contributed by atoms with Crippen LogP contribution >= 0.6 is 11.6 Å². The van der Waals surface area contributed by atoms with Crippen LogP contribution in [-0.2, 0) is 19.6 Å². The van der Waals surface area contributed by atoms with Crippen molar-refractivity contribution in [2.24, 2.45) is 0 Å². The van der Waals surface area contributed by atoms with Crippen molar-refractivity contribution in [3.8, 4) is 0 Å². The van der Waals surface area contributed by atoms with Crippen LogP contribution < -0.4 is 0 Å². The largest absolute Gasteiger partial charge is 0.379 e. The Balaban J connectivity index is 1.64. The molecular weight excluding hydrogens is 390 g/mol. The summed E-state index contributed by atoms with van der Waals surface area (Å²) in [4.78, 5) is 16.4. The number of halogens is 1. The maximum atomic E-state index is 12.9. The van der Waals surface area contributed by atoms with Gasteiger partial charge in [-0.1, -0.05) is 17.7 Å². The van der Waals surface area contributed by atoms with E-state index in [-0.39, 0.29) is 16.8 Å². The summed E-state index contributed by atoms with van der Waals surface area (Å²) >= 11 is 5.94. The molecule has 0 N–H and O–H groups in total. The Hall–Kier alpha value is -1.19. The van der Waals surface area contributed by atoms with E-state index < -0.39 is 10.0 Å². The fourth-order valence-electron chi connectivity index (χ4n) is 3.63. The Bertz CT molecular complexity index is 768. The number of sulfonamides is 1. The first-order valence-corrected chi connectivity index (χ1v) is 11.0. The second kappa shape index (κ2) is 8.87. The maximum Gasteiger partial charge on any atom is 0.243 e. The van der Waals surface area contributed by atoms with Crippen LogP contribution in [0.3, 0.4) is 0 Å². The second-order valence-corrected chi connectivity index (χ2v) is 9.30. The Kier molecular flexibility index (Phi) is 6.75. The SMILES string of the molecule is CC(=O)N(CCN1CCOCC1)C1CCN(S(=O)(=O)c2cccc(Cl)c2)C1. The molecule has 150 valence electrons. The zero-order valence-corrected chi connectivity index (χ0v) is 17.1. The molecule has 1 atom stereocenters. The zero-order chi connectivity index (χ0) is 19.4. The molecule has 0 saturated carbocycles. The van der Waals surface area contributed by atoms with E-state index >= 15 is 0 Å².